The largest absolute Gasteiger partial charge is 0.390 e. The molecule has 1 N–H and O–H groups in total. The van der Waals surface area contributed by atoms with Gasteiger partial charge >= 0.3 is 0 Å². The molecule has 96 valence electrons. The minimum atomic E-state index is -0.604. The molecule has 0 aliphatic heterocycles. The molecule has 0 aliphatic rings. The molecule has 16 heavy (non-hydrogen) atoms. The van der Waals surface area contributed by atoms with E-state index >= 15 is 0 Å². The molecular formula is C15H30O. The zero-order chi connectivity index (χ0) is 12.8. The van der Waals surface area contributed by atoms with Gasteiger partial charge in [-0.25, -0.2) is 0 Å². The van der Waals surface area contributed by atoms with Crippen LogP contribution in [-0.2, 0) is 0 Å². The Bertz CT molecular complexity index is 198. The lowest BCUT2D eigenvalue weighted by atomic mass is 9.67. The van der Waals surface area contributed by atoms with Crippen LogP contribution in [0, 0.1) is 11.3 Å². The zero-order valence-electron chi connectivity index (χ0n) is 11.8. The Morgan fingerprint density at radius 1 is 1.12 bits per heavy atom. The van der Waals surface area contributed by atoms with Crippen molar-refractivity contribution in [1.29, 1.82) is 0 Å². The van der Waals surface area contributed by atoms with Crippen LogP contribution in [0.4, 0.5) is 0 Å². The summed E-state index contributed by atoms with van der Waals surface area (Å²) in [5.74, 6) is 0.552. The lowest BCUT2D eigenvalue weighted by Crippen LogP contribution is -2.43. The fraction of sp³-hybridized carbons (Fsp3) is 0.867. The van der Waals surface area contributed by atoms with Crippen LogP contribution in [0.3, 0.4) is 0 Å². The second-order valence-corrected chi connectivity index (χ2v) is 6.11. The van der Waals surface area contributed by atoms with Gasteiger partial charge in [0, 0.05) is 0 Å². The Labute approximate surface area is 102 Å². The Morgan fingerprint density at radius 2 is 1.69 bits per heavy atom. The van der Waals surface area contributed by atoms with Crippen molar-refractivity contribution in [3.8, 4) is 0 Å². The molecule has 0 rings (SSSR count). The Kier molecular flexibility index (Phi) is 6.32. The first-order valence-corrected chi connectivity index (χ1v) is 6.56. The summed E-state index contributed by atoms with van der Waals surface area (Å²) in [6.07, 6.45) is 8.10. The highest BCUT2D eigenvalue weighted by molar-refractivity contribution is 4.89. The van der Waals surface area contributed by atoms with E-state index in [4.69, 9.17) is 0 Å². The van der Waals surface area contributed by atoms with Crippen molar-refractivity contribution in [2.45, 2.75) is 72.3 Å². The van der Waals surface area contributed by atoms with Crippen molar-refractivity contribution in [1.82, 2.24) is 0 Å². The summed E-state index contributed by atoms with van der Waals surface area (Å²) in [4.78, 5) is 0. The first-order chi connectivity index (χ1) is 7.23. The molecule has 1 heteroatoms. The predicted octanol–water partition coefficient (Wildman–Crippen LogP) is 4.56. The van der Waals surface area contributed by atoms with E-state index in [0.29, 0.717) is 5.92 Å². The maximum absolute atomic E-state index is 10.1. The average molecular weight is 226 g/mol. The minimum Gasteiger partial charge on any atom is -0.390 e. The van der Waals surface area contributed by atoms with Crippen molar-refractivity contribution >= 4 is 0 Å². The summed E-state index contributed by atoms with van der Waals surface area (Å²) in [6, 6.07) is 0. The summed E-state index contributed by atoms with van der Waals surface area (Å²) in [5.41, 5.74) is -0.626. The Hall–Kier alpha value is -0.300. The van der Waals surface area contributed by atoms with Gasteiger partial charge in [-0.1, -0.05) is 46.1 Å². The van der Waals surface area contributed by atoms with Crippen LogP contribution in [0.25, 0.3) is 0 Å². The van der Waals surface area contributed by atoms with Crippen molar-refractivity contribution in [2.75, 3.05) is 0 Å². The van der Waals surface area contributed by atoms with Crippen LogP contribution in [-0.4, -0.2) is 10.7 Å². The number of rotatable bonds is 8. The molecule has 0 aliphatic carbocycles. The standard InChI is InChI=1S/C15H30O/c1-7-8-9-10-11-12-13(2)14(3,4)15(5,6)16/h7,13,16H,1,8-12H2,2-6H3. The monoisotopic (exact) mass is 226 g/mol. The van der Waals surface area contributed by atoms with Crippen LogP contribution in [0.1, 0.15) is 66.7 Å². The van der Waals surface area contributed by atoms with Gasteiger partial charge in [0.05, 0.1) is 5.60 Å². The van der Waals surface area contributed by atoms with Gasteiger partial charge in [-0.3, -0.25) is 0 Å². The lowest BCUT2D eigenvalue weighted by Gasteiger charge is -2.42. The van der Waals surface area contributed by atoms with Crippen LogP contribution in [0.5, 0.6) is 0 Å². The van der Waals surface area contributed by atoms with Gasteiger partial charge in [0.25, 0.3) is 0 Å². The Balaban J connectivity index is 3.96. The third-order valence-corrected chi connectivity index (χ3v) is 4.35. The van der Waals surface area contributed by atoms with Crippen LogP contribution in [0.2, 0.25) is 0 Å². The average Bonchev–Trinajstić information content (AvgIpc) is 2.15. The molecule has 0 aromatic rings. The Morgan fingerprint density at radius 3 is 2.12 bits per heavy atom. The van der Waals surface area contributed by atoms with E-state index in [1.807, 2.05) is 19.9 Å². The predicted molar refractivity (Wildman–Crippen MR) is 72.5 cm³/mol. The molecule has 1 atom stereocenters. The van der Waals surface area contributed by atoms with Crippen LogP contribution in [0.15, 0.2) is 12.7 Å². The van der Waals surface area contributed by atoms with E-state index in [1.54, 1.807) is 0 Å². The first-order valence-electron chi connectivity index (χ1n) is 6.56. The minimum absolute atomic E-state index is 0.0224. The second-order valence-electron chi connectivity index (χ2n) is 6.11. The molecule has 0 bridgehead atoms. The number of aliphatic hydroxyl groups is 1. The quantitative estimate of drug-likeness (QED) is 0.475. The van der Waals surface area contributed by atoms with Gasteiger partial charge in [-0.05, 0) is 38.0 Å². The van der Waals surface area contributed by atoms with E-state index in [-0.39, 0.29) is 5.41 Å². The molecule has 0 saturated carbocycles. The van der Waals surface area contributed by atoms with E-state index < -0.39 is 5.60 Å². The fourth-order valence-corrected chi connectivity index (χ4v) is 1.88. The second kappa shape index (κ2) is 6.44. The highest BCUT2D eigenvalue weighted by Crippen LogP contribution is 2.40. The molecule has 0 aromatic heterocycles. The molecule has 0 heterocycles. The van der Waals surface area contributed by atoms with Crippen molar-refractivity contribution in [3.63, 3.8) is 0 Å². The highest BCUT2D eigenvalue weighted by atomic mass is 16.3. The number of hydrogen-bond donors (Lipinski definition) is 1. The number of unbranched alkanes of at least 4 members (excludes halogenated alkanes) is 3. The summed E-state index contributed by atoms with van der Waals surface area (Å²) >= 11 is 0. The maximum atomic E-state index is 10.1. The van der Waals surface area contributed by atoms with E-state index in [9.17, 15) is 5.11 Å². The number of allylic oxidation sites excluding steroid dienone is 1. The number of hydrogen-bond acceptors (Lipinski definition) is 1. The molecular weight excluding hydrogens is 196 g/mol. The van der Waals surface area contributed by atoms with Gasteiger partial charge in [0.15, 0.2) is 0 Å². The summed E-state index contributed by atoms with van der Waals surface area (Å²) in [6.45, 7) is 14.2. The highest BCUT2D eigenvalue weighted by Gasteiger charge is 2.39. The summed E-state index contributed by atoms with van der Waals surface area (Å²) < 4.78 is 0. The first kappa shape index (κ1) is 15.7. The molecule has 0 radical (unpaired) electrons. The van der Waals surface area contributed by atoms with Crippen LogP contribution < -0.4 is 0 Å². The smallest absolute Gasteiger partial charge is 0.0644 e. The molecule has 0 amide bonds. The van der Waals surface area contributed by atoms with E-state index in [0.717, 1.165) is 6.42 Å². The molecule has 0 fully saturated rings. The summed E-state index contributed by atoms with van der Waals surface area (Å²) in [7, 11) is 0. The lowest BCUT2D eigenvalue weighted by molar-refractivity contribution is -0.0667. The van der Waals surface area contributed by atoms with Gasteiger partial charge < -0.3 is 5.11 Å². The van der Waals surface area contributed by atoms with Crippen LogP contribution >= 0.6 is 0 Å². The van der Waals surface area contributed by atoms with Crippen molar-refractivity contribution in [3.05, 3.63) is 12.7 Å². The third-order valence-electron chi connectivity index (χ3n) is 4.35. The SMILES string of the molecule is C=CCCCCCC(C)C(C)(C)C(C)(C)O. The molecule has 0 saturated heterocycles. The van der Waals surface area contributed by atoms with Gasteiger partial charge in [0.2, 0.25) is 0 Å². The zero-order valence-corrected chi connectivity index (χ0v) is 11.8. The topological polar surface area (TPSA) is 20.2 Å². The molecule has 1 unspecified atom stereocenters. The van der Waals surface area contributed by atoms with E-state index in [1.165, 1.54) is 25.7 Å². The molecule has 0 spiro atoms. The maximum Gasteiger partial charge on any atom is 0.0644 e. The molecule has 0 aromatic carbocycles. The van der Waals surface area contributed by atoms with Gasteiger partial charge in [-0.15, -0.1) is 6.58 Å². The molecule has 1 nitrogen and oxygen atoms in total. The van der Waals surface area contributed by atoms with E-state index in [2.05, 4.69) is 27.4 Å². The fourth-order valence-electron chi connectivity index (χ4n) is 1.88. The third kappa shape index (κ3) is 4.69. The van der Waals surface area contributed by atoms with Gasteiger partial charge in [-0.2, -0.15) is 0 Å². The van der Waals surface area contributed by atoms with Gasteiger partial charge in [0.1, 0.15) is 0 Å². The van der Waals surface area contributed by atoms with Crippen molar-refractivity contribution < 1.29 is 5.11 Å². The van der Waals surface area contributed by atoms with Crippen molar-refractivity contribution in [2.24, 2.45) is 11.3 Å². The normalized spacial score (nSPS) is 14.9. The summed E-state index contributed by atoms with van der Waals surface area (Å²) in [5, 5.41) is 10.1.